The molecule has 0 aromatic heterocycles. The van der Waals surface area contributed by atoms with Crippen LogP contribution in [0.3, 0.4) is 0 Å². The molecule has 0 radical (unpaired) electrons. The van der Waals surface area contributed by atoms with Crippen molar-refractivity contribution >= 4 is 11.9 Å². The molecule has 0 aliphatic carbocycles. The van der Waals surface area contributed by atoms with Gasteiger partial charge in [0.15, 0.2) is 0 Å². The van der Waals surface area contributed by atoms with E-state index in [1.165, 1.54) is 0 Å². The number of hydrogen-bond acceptors (Lipinski definition) is 4. The van der Waals surface area contributed by atoms with E-state index < -0.39 is 5.60 Å². The lowest BCUT2D eigenvalue weighted by molar-refractivity contribution is -0.160. The molecule has 1 aromatic carbocycles. The third kappa shape index (κ3) is 9.91. The van der Waals surface area contributed by atoms with Crippen LogP contribution in [-0.4, -0.2) is 17.5 Å². The Balaban J connectivity index is 2.40. The van der Waals surface area contributed by atoms with Crippen LogP contribution < -0.4 is 0 Å². The highest BCUT2D eigenvalue weighted by atomic mass is 16.6. The molecule has 28 heavy (non-hydrogen) atoms. The third-order valence-electron chi connectivity index (χ3n) is 4.78. The second kappa shape index (κ2) is 12.6. The molecule has 0 amide bonds. The summed E-state index contributed by atoms with van der Waals surface area (Å²) in [6.07, 6.45) is 6.05. The Labute approximate surface area is 171 Å². The van der Waals surface area contributed by atoms with Gasteiger partial charge >= 0.3 is 11.9 Å². The van der Waals surface area contributed by atoms with Crippen molar-refractivity contribution in [1.82, 2.24) is 0 Å². The molecule has 158 valence electrons. The van der Waals surface area contributed by atoms with Gasteiger partial charge in [-0.05, 0) is 52.0 Å². The molecular weight excluding hydrogens is 352 g/mol. The van der Waals surface area contributed by atoms with Gasteiger partial charge in [-0.1, -0.05) is 63.4 Å². The first-order chi connectivity index (χ1) is 13.3. The number of rotatable bonds is 12. The van der Waals surface area contributed by atoms with Gasteiger partial charge in [0, 0.05) is 0 Å². The standard InChI is InChI=1S/C24H38O4/c1-6-13-21(22(25)27-18-19-14-9-8-10-15-19)17-12-11-16-20(7-2)23(26)28-24(3,4)5/h8-10,14-15,20-21H,6-7,11-13,16-18H2,1-5H3. The van der Waals surface area contributed by atoms with Crippen molar-refractivity contribution < 1.29 is 19.1 Å². The highest BCUT2D eigenvalue weighted by Gasteiger charge is 2.24. The summed E-state index contributed by atoms with van der Waals surface area (Å²) in [6.45, 7) is 10.1. The fraction of sp³-hybridized carbons (Fsp3) is 0.667. The number of benzene rings is 1. The van der Waals surface area contributed by atoms with Gasteiger partial charge < -0.3 is 9.47 Å². The third-order valence-corrected chi connectivity index (χ3v) is 4.78. The lowest BCUT2D eigenvalue weighted by Crippen LogP contribution is -2.28. The first-order valence-electron chi connectivity index (χ1n) is 10.7. The number of ether oxygens (including phenoxy) is 2. The normalized spacial score (nSPS) is 13.6. The maximum Gasteiger partial charge on any atom is 0.309 e. The molecular formula is C24H38O4. The zero-order chi connectivity index (χ0) is 21.0. The van der Waals surface area contributed by atoms with Crippen molar-refractivity contribution in [3.8, 4) is 0 Å². The summed E-state index contributed by atoms with van der Waals surface area (Å²) in [5.74, 6) is -0.337. The predicted octanol–water partition coefficient (Wildman–Crippen LogP) is 6.07. The van der Waals surface area contributed by atoms with Crippen LogP contribution in [0, 0.1) is 11.8 Å². The lowest BCUT2D eigenvalue weighted by atomic mass is 9.93. The number of carbonyl (C=O) groups excluding carboxylic acids is 2. The summed E-state index contributed by atoms with van der Waals surface area (Å²) in [5.41, 5.74) is 0.563. The average molecular weight is 391 g/mol. The Bertz CT molecular complexity index is 574. The molecule has 2 unspecified atom stereocenters. The topological polar surface area (TPSA) is 52.6 Å². The largest absolute Gasteiger partial charge is 0.461 e. The zero-order valence-corrected chi connectivity index (χ0v) is 18.3. The van der Waals surface area contributed by atoms with E-state index in [9.17, 15) is 9.59 Å². The zero-order valence-electron chi connectivity index (χ0n) is 18.3. The van der Waals surface area contributed by atoms with Crippen LogP contribution in [0.2, 0.25) is 0 Å². The first-order valence-corrected chi connectivity index (χ1v) is 10.7. The van der Waals surface area contributed by atoms with Crippen LogP contribution in [0.15, 0.2) is 30.3 Å². The molecule has 1 aromatic rings. The molecule has 0 N–H and O–H groups in total. The number of esters is 2. The predicted molar refractivity (Wildman–Crippen MR) is 113 cm³/mol. The van der Waals surface area contributed by atoms with Crippen molar-refractivity contribution in [3.05, 3.63) is 35.9 Å². The molecule has 0 fully saturated rings. The smallest absolute Gasteiger partial charge is 0.309 e. The first kappa shape index (κ1) is 24.2. The summed E-state index contributed by atoms with van der Waals surface area (Å²) >= 11 is 0. The Morgan fingerprint density at radius 3 is 2.04 bits per heavy atom. The van der Waals surface area contributed by atoms with E-state index in [-0.39, 0.29) is 23.8 Å². The summed E-state index contributed by atoms with van der Waals surface area (Å²) in [6, 6.07) is 9.77. The SMILES string of the molecule is CCCC(CCCCC(CC)C(=O)OC(C)(C)C)C(=O)OCc1ccccc1. The number of unbranched alkanes of at least 4 members (excludes halogenated alkanes) is 1. The highest BCUT2D eigenvalue weighted by molar-refractivity contribution is 5.73. The highest BCUT2D eigenvalue weighted by Crippen LogP contribution is 2.22. The van der Waals surface area contributed by atoms with E-state index in [4.69, 9.17) is 9.47 Å². The maximum absolute atomic E-state index is 12.5. The second-order valence-corrected chi connectivity index (χ2v) is 8.50. The van der Waals surface area contributed by atoms with E-state index in [0.29, 0.717) is 6.61 Å². The fourth-order valence-electron chi connectivity index (χ4n) is 3.23. The van der Waals surface area contributed by atoms with E-state index in [1.54, 1.807) is 0 Å². The minimum absolute atomic E-state index is 0.0599. The molecule has 1 rings (SSSR count). The van der Waals surface area contributed by atoms with Crippen LogP contribution in [0.4, 0.5) is 0 Å². The summed E-state index contributed by atoms with van der Waals surface area (Å²) in [5, 5.41) is 0. The molecule has 2 atom stereocenters. The van der Waals surface area contributed by atoms with Crippen molar-refractivity contribution in [2.45, 2.75) is 91.8 Å². The van der Waals surface area contributed by atoms with Gasteiger partial charge in [0.05, 0.1) is 11.8 Å². The van der Waals surface area contributed by atoms with Crippen molar-refractivity contribution in [2.75, 3.05) is 0 Å². The van der Waals surface area contributed by atoms with Crippen LogP contribution >= 0.6 is 0 Å². The lowest BCUT2D eigenvalue weighted by Gasteiger charge is -2.23. The van der Waals surface area contributed by atoms with Gasteiger partial charge in [0.1, 0.15) is 12.2 Å². The van der Waals surface area contributed by atoms with Crippen molar-refractivity contribution in [2.24, 2.45) is 11.8 Å². The Morgan fingerprint density at radius 2 is 1.50 bits per heavy atom. The van der Waals surface area contributed by atoms with E-state index in [2.05, 4.69) is 6.92 Å². The molecule has 0 aliphatic heterocycles. The van der Waals surface area contributed by atoms with Gasteiger partial charge in [0.2, 0.25) is 0 Å². The number of hydrogen-bond donors (Lipinski definition) is 0. The van der Waals surface area contributed by atoms with Crippen LogP contribution in [0.5, 0.6) is 0 Å². The van der Waals surface area contributed by atoms with Gasteiger partial charge in [-0.25, -0.2) is 0 Å². The Kier molecular flexibility index (Phi) is 10.9. The second-order valence-electron chi connectivity index (χ2n) is 8.50. The average Bonchev–Trinajstić information content (AvgIpc) is 2.64. The van der Waals surface area contributed by atoms with Crippen molar-refractivity contribution in [1.29, 1.82) is 0 Å². The van der Waals surface area contributed by atoms with Crippen LogP contribution in [0.25, 0.3) is 0 Å². The van der Waals surface area contributed by atoms with E-state index in [0.717, 1.165) is 50.5 Å². The molecule has 4 heteroatoms. The van der Waals surface area contributed by atoms with Gasteiger partial charge in [-0.2, -0.15) is 0 Å². The molecule has 0 aliphatic rings. The Hall–Kier alpha value is -1.84. The molecule has 0 saturated carbocycles. The molecule has 0 bridgehead atoms. The monoisotopic (exact) mass is 390 g/mol. The Morgan fingerprint density at radius 1 is 0.893 bits per heavy atom. The summed E-state index contributed by atoms with van der Waals surface area (Å²) in [4.78, 5) is 24.7. The minimum atomic E-state index is -0.445. The maximum atomic E-state index is 12.5. The summed E-state index contributed by atoms with van der Waals surface area (Å²) in [7, 11) is 0. The number of carbonyl (C=O) groups is 2. The van der Waals surface area contributed by atoms with Gasteiger partial charge in [0.25, 0.3) is 0 Å². The molecule has 0 heterocycles. The van der Waals surface area contributed by atoms with Gasteiger partial charge in [-0.15, -0.1) is 0 Å². The van der Waals surface area contributed by atoms with Crippen molar-refractivity contribution in [3.63, 3.8) is 0 Å². The van der Waals surface area contributed by atoms with Crippen LogP contribution in [0.1, 0.15) is 85.1 Å². The molecule has 4 nitrogen and oxygen atoms in total. The fourth-order valence-corrected chi connectivity index (χ4v) is 3.23. The summed E-state index contributed by atoms with van der Waals surface area (Å²) < 4.78 is 11.0. The molecule has 0 saturated heterocycles. The quantitative estimate of drug-likeness (QED) is 0.321. The van der Waals surface area contributed by atoms with E-state index >= 15 is 0 Å². The molecule has 0 spiro atoms. The minimum Gasteiger partial charge on any atom is -0.461 e. The van der Waals surface area contributed by atoms with E-state index in [1.807, 2.05) is 58.0 Å². The van der Waals surface area contributed by atoms with Crippen LogP contribution in [-0.2, 0) is 25.7 Å². The van der Waals surface area contributed by atoms with Gasteiger partial charge in [-0.3, -0.25) is 9.59 Å².